The highest BCUT2D eigenvalue weighted by molar-refractivity contribution is 6.29. The summed E-state index contributed by atoms with van der Waals surface area (Å²) in [6.07, 6.45) is 8.57. The van der Waals surface area contributed by atoms with Crippen molar-refractivity contribution in [2.75, 3.05) is 11.9 Å². The Kier molecular flexibility index (Phi) is 3.10. The van der Waals surface area contributed by atoms with E-state index in [0.29, 0.717) is 10.6 Å². The Labute approximate surface area is 95.3 Å². The Morgan fingerprint density at radius 1 is 1.33 bits per heavy atom. The van der Waals surface area contributed by atoms with Crippen molar-refractivity contribution in [1.82, 2.24) is 9.97 Å². The third-order valence-electron chi connectivity index (χ3n) is 3.13. The largest absolute Gasteiger partial charge is 0.368 e. The fraction of sp³-hybridized carbons (Fsp3) is 0.636. The van der Waals surface area contributed by atoms with E-state index in [1.807, 2.05) is 0 Å². The molecule has 1 fully saturated rings. The van der Waals surface area contributed by atoms with E-state index >= 15 is 0 Å². The van der Waals surface area contributed by atoms with Gasteiger partial charge in [-0.05, 0) is 18.3 Å². The fourth-order valence-electron chi connectivity index (χ4n) is 2.11. The number of rotatable bonds is 3. The van der Waals surface area contributed by atoms with Crippen molar-refractivity contribution in [3.8, 4) is 0 Å². The number of hydrogen-bond donors (Lipinski definition) is 1. The zero-order valence-electron chi connectivity index (χ0n) is 8.96. The van der Waals surface area contributed by atoms with E-state index in [1.165, 1.54) is 25.7 Å². The molecule has 3 nitrogen and oxygen atoms in total. The Balaban J connectivity index is 1.90. The predicted molar refractivity (Wildman–Crippen MR) is 62.1 cm³/mol. The molecule has 1 N–H and O–H groups in total. The molecular weight excluding hydrogens is 210 g/mol. The quantitative estimate of drug-likeness (QED) is 0.859. The van der Waals surface area contributed by atoms with Crippen molar-refractivity contribution in [1.29, 1.82) is 0 Å². The zero-order chi connectivity index (χ0) is 10.7. The van der Waals surface area contributed by atoms with E-state index in [2.05, 4.69) is 22.2 Å². The molecule has 0 atom stereocenters. The van der Waals surface area contributed by atoms with Crippen LogP contribution in [0.1, 0.15) is 32.6 Å². The molecule has 1 heterocycles. The topological polar surface area (TPSA) is 37.8 Å². The fourth-order valence-corrected chi connectivity index (χ4v) is 2.21. The first-order valence-electron chi connectivity index (χ1n) is 5.39. The van der Waals surface area contributed by atoms with Gasteiger partial charge in [0, 0.05) is 6.54 Å². The molecule has 1 aliphatic carbocycles. The molecule has 0 aromatic carbocycles. The number of hydrogen-bond acceptors (Lipinski definition) is 3. The first-order valence-corrected chi connectivity index (χ1v) is 5.77. The maximum absolute atomic E-state index is 5.66. The van der Waals surface area contributed by atoms with Crippen LogP contribution in [0.5, 0.6) is 0 Å². The number of anilines is 1. The van der Waals surface area contributed by atoms with Crippen LogP contribution in [0.25, 0.3) is 0 Å². The van der Waals surface area contributed by atoms with Crippen LogP contribution < -0.4 is 5.32 Å². The van der Waals surface area contributed by atoms with Gasteiger partial charge in [-0.2, -0.15) is 0 Å². The number of nitrogens with zero attached hydrogens (tertiary/aromatic N) is 2. The monoisotopic (exact) mass is 225 g/mol. The van der Waals surface area contributed by atoms with Gasteiger partial charge in [0.15, 0.2) is 0 Å². The van der Waals surface area contributed by atoms with E-state index in [4.69, 9.17) is 11.6 Å². The van der Waals surface area contributed by atoms with Gasteiger partial charge < -0.3 is 5.32 Å². The van der Waals surface area contributed by atoms with Gasteiger partial charge in [-0.25, -0.2) is 9.97 Å². The van der Waals surface area contributed by atoms with Gasteiger partial charge in [0.25, 0.3) is 0 Å². The van der Waals surface area contributed by atoms with Crippen molar-refractivity contribution in [2.24, 2.45) is 5.41 Å². The summed E-state index contributed by atoms with van der Waals surface area (Å²) in [5, 5.41) is 3.76. The molecule has 0 spiro atoms. The minimum atomic E-state index is 0.432. The van der Waals surface area contributed by atoms with E-state index in [-0.39, 0.29) is 0 Å². The van der Waals surface area contributed by atoms with Crippen LogP contribution in [-0.2, 0) is 0 Å². The lowest BCUT2D eigenvalue weighted by atomic mass is 9.89. The van der Waals surface area contributed by atoms with Crippen molar-refractivity contribution in [2.45, 2.75) is 32.6 Å². The summed E-state index contributed by atoms with van der Waals surface area (Å²) in [5.74, 6) is 0.813. The molecule has 1 saturated carbocycles. The summed E-state index contributed by atoms with van der Waals surface area (Å²) in [6.45, 7) is 3.31. The molecular formula is C11H16ClN3. The van der Waals surface area contributed by atoms with E-state index in [1.54, 1.807) is 12.4 Å². The third kappa shape index (κ3) is 2.81. The smallest absolute Gasteiger partial charge is 0.147 e. The molecule has 82 valence electrons. The summed E-state index contributed by atoms with van der Waals surface area (Å²) in [7, 11) is 0. The Hall–Kier alpha value is -0.830. The summed E-state index contributed by atoms with van der Waals surface area (Å²) in [4.78, 5) is 8.15. The molecule has 0 bridgehead atoms. The highest BCUT2D eigenvalue weighted by atomic mass is 35.5. The standard InChI is InChI=1S/C11H16ClN3/c1-11(4-2-3-5-11)8-15-10-7-13-9(12)6-14-10/h6-7H,2-5,8H2,1H3,(H,14,15). The lowest BCUT2D eigenvalue weighted by Crippen LogP contribution is -2.23. The second-order valence-electron chi connectivity index (χ2n) is 4.60. The summed E-state index contributed by atoms with van der Waals surface area (Å²) in [6, 6.07) is 0. The second kappa shape index (κ2) is 4.35. The van der Waals surface area contributed by atoms with Crippen LogP contribution in [0.4, 0.5) is 5.82 Å². The minimum Gasteiger partial charge on any atom is -0.368 e. The number of aromatic nitrogens is 2. The van der Waals surface area contributed by atoms with Gasteiger partial charge in [-0.3, -0.25) is 0 Å². The third-order valence-corrected chi connectivity index (χ3v) is 3.32. The van der Waals surface area contributed by atoms with Crippen LogP contribution in [0.3, 0.4) is 0 Å². The van der Waals surface area contributed by atoms with Crippen LogP contribution in [-0.4, -0.2) is 16.5 Å². The maximum Gasteiger partial charge on any atom is 0.147 e. The predicted octanol–water partition coefficient (Wildman–Crippen LogP) is 3.12. The van der Waals surface area contributed by atoms with Crippen molar-refractivity contribution in [3.63, 3.8) is 0 Å². The molecule has 0 saturated heterocycles. The van der Waals surface area contributed by atoms with Crippen LogP contribution >= 0.6 is 11.6 Å². The van der Waals surface area contributed by atoms with Crippen molar-refractivity contribution < 1.29 is 0 Å². The van der Waals surface area contributed by atoms with E-state index in [9.17, 15) is 0 Å². The highest BCUT2D eigenvalue weighted by Crippen LogP contribution is 2.37. The molecule has 0 amide bonds. The van der Waals surface area contributed by atoms with Crippen molar-refractivity contribution >= 4 is 17.4 Å². The van der Waals surface area contributed by atoms with Gasteiger partial charge in [0.1, 0.15) is 11.0 Å². The Morgan fingerprint density at radius 2 is 2.07 bits per heavy atom. The normalized spacial score (nSPS) is 19.1. The average Bonchev–Trinajstić information content (AvgIpc) is 2.65. The van der Waals surface area contributed by atoms with E-state index < -0.39 is 0 Å². The summed E-state index contributed by atoms with van der Waals surface area (Å²) >= 11 is 5.66. The Bertz CT molecular complexity index is 317. The van der Waals surface area contributed by atoms with Gasteiger partial charge in [-0.15, -0.1) is 0 Å². The number of nitrogens with one attached hydrogen (secondary N) is 1. The molecule has 15 heavy (non-hydrogen) atoms. The highest BCUT2D eigenvalue weighted by Gasteiger charge is 2.28. The van der Waals surface area contributed by atoms with Gasteiger partial charge in [-0.1, -0.05) is 31.4 Å². The minimum absolute atomic E-state index is 0.432. The molecule has 1 aromatic rings. The Morgan fingerprint density at radius 3 is 2.67 bits per heavy atom. The lowest BCUT2D eigenvalue weighted by Gasteiger charge is -2.23. The zero-order valence-corrected chi connectivity index (χ0v) is 9.72. The van der Waals surface area contributed by atoms with Gasteiger partial charge in [0.05, 0.1) is 12.4 Å². The van der Waals surface area contributed by atoms with Gasteiger partial charge >= 0.3 is 0 Å². The molecule has 4 heteroatoms. The number of halogens is 1. The molecule has 0 unspecified atom stereocenters. The summed E-state index contributed by atoms with van der Waals surface area (Å²) < 4.78 is 0. The van der Waals surface area contributed by atoms with E-state index in [0.717, 1.165) is 12.4 Å². The first kappa shape index (κ1) is 10.7. The molecule has 0 radical (unpaired) electrons. The molecule has 0 aliphatic heterocycles. The lowest BCUT2D eigenvalue weighted by molar-refractivity contribution is 0.361. The summed E-state index contributed by atoms with van der Waals surface area (Å²) in [5.41, 5.74) is 0.432. The SMILES string of the molecule is CC1(CNc2cnc(Cl)cn2)CCCC1. The van der Waals surface area contributed by atoms with Crippen LogP contribution in [0.2, 0.25) is 5.15 Å². The molecule has 2 rings (SSSR count). The van der Waals surface area contributed by atoms with Crippen LogP contribution in [0.15, 0.2) is 12.4 Å². The maximum atomic E-state index is 5.66. The molecule has 1 aromatic heterocycles. The first-order chi connectivity index (χ1) is 7.18. The van der Waals surface area contributed by atoms with Crippen LogP contribution in [0, 0.1) is 5.41 Å². The average molecular weight is 226 g/mol. The van der Waals surface area contributed by atoms with Gasteiger partial charge in [0.2, 0.25) is 0 Å². The molecule has 1 aliphatic rings. The second-order valence-corrected chi connectivity index (χ2v) is 4.98. The van der Waals surface area contributed by atoms with Crippen molar-refractivity contribution in [3.05, 3.63) is 17.5 Å².